The molecule has 0 bridgehead atoms. The van der Waals surface area contributed by atoms with Crippen molar-refractivity contribution in [3.05, 3.63) is 89.0 Å². The predicted octanol–water partition coefficient (Wildman–Crippen LogP) is 6.82. The molecule has 0 N–H and O–H groups in total. The Morgan fingerprint density at radius 3 is 2.03 bits per heavy atom. The Morgan fingerprint density at radius 1 is 0.774 bits per heavy atom. The zero-order chi connectivity index (χ0) is 21.8. The highest BCUT2D eigenvalue weighted by molar-refractivity contribution is 5.73. The SMILES string of the molecule is Cc1ccccc1-n1c(-c2ccccc2C2(C)CC2C)nnc1-c1c(C)cccc1C. The van der Waals surface area contributed by atoms with Gasteiger partial charge in [0.05, 0.1) is 5.69 Å². The summed E-state index contributed by atoms with van der Waals surface area (Å²) in [6.07, 6.45) is 1.21. The minimum atomic E-state index is 0.206. The normalized spacial score (nSPS) is 20.1. The lowest BCUT2D eigenvalue weighted by atomic mass is 9.90. The van der Waals surface area contributed by atoms with E-state index < -0.39 is 0 Å². The second-order valence-electron chi connectivity index (χ2n) is 9.30. The van der Waals surface area contributed by atoms with E-state index in [2.05, 4.69) is 106 Å². The maximum atomic E-state index is 4.80. The van der Waals surface area contributed by atoms with Crippen molar-refractivity contribution < 1.29 is 0 Å². The van der Waals surface area contributed by atoms with Gasteiger partial charge in [0.2, 0.25) is 0 Å². The summed E-state index contributed by atoms with van der Waals surface area (Å²) in [6, 6.07) is 23.7. The van der Waals surface area contributed by atoms with Crippen LogP contribution in [0.1, 0.15) is 42.5 Å². The molecule has 4 aromatic rings. The number of nitrogens with zero attached hydrogens (tertiary/aromatic N) is 3. The Morgan fingerprint density at radius 2 is 1.35 bits per heavy atom. The predicted molar refractivity (Wildman–Crippen MR) is 128 cm³/mol. The molecular formula is C28H29N3. The van der Waals surface area contributed by atoms with Gasteiger partial charge in [0.1, 0.15) is 0 Å². The van der Waals surface area contributed by atoms with Gasteiger partial charge in [-0.05, 0) is 66.8 Å². The van der Waals surface area contributed by atoms with Crippen molar-refractivity contribution in [3.63, 3.8) is 0 Å². The molecule has 1 aliphatic carbocycles. The third kappa shape index (κ3) is 3.11. The molecular weight excluding hydrogens is 378 g/mol. The average Bonchev–Trinajstić information content (AvgIpc) is 3.17. The molecule has 0 radical (unpaired) electrons. The fourth-order valence-corrected chi connectivity index (χ4v) is 4.96. The maximum absolute atomic E-state index is 4.80. The summed E-state index contributed by atoms with van der Waals surface area (Å²) in [5.41, 5.74) is 8.68. The van der Waals surface area contributed by atoms with Crippen molar-refractivity contribution in [1.29, 1.82) is 0 Å². The first-order valence-electron chi connectivity index (χ1n) is 11.1. The van der Waals surface area contributed by atoms with Crippen molar-refractivity contribution in [2.24, 2.45) is 5.92 Å². The van der Waals surface area contributed by atoms with Gasteiger partial charge in [-0.25, -0.2) is 0 Å². The van der Waals surface area contributed by atoms with Crippen LogP contribution in [0.25, 0.3) is 28.5 Å². The number of benzene rings is 3. The molecule has 1 aromatic heterocycles. The van der Waals surface area contributed by atoms with Gasteiger partial charge in [0.15, 0.2) is 11.6 Å². The molecule has 156 valence electrons. The summed E-state index contributed by atoms with van der Waals surface area (Å²) in [4.78, 5) is 0. The topological polar surface area (TPSA) is 30.7 Å². The van der Waals surface area contributed by atoms with Crippen LogP contribution in [0.4, 0.5) is 0 Å². The van der Waals surface area contributed by atoms with Crippen molar-refractivity contribution in [2.75, 3.05) is 0 Å². The van der Waals surface area contributed by atoms with Crippen LogP contribution in [0.2, 0.25) is 0 Å². The Labute approximate surface area is 184 Å². The summed E-state index contributed by atoms with van der Waals surface area (Å²) in [5.74, 6) is 2.51. The van der Waals surface area contributed by atoms with E-state index in [1.807, 2.05) is 0 Å². The molecule has 2 atom stereocenters. The standard InChI is InChI=1S/C28H29N3/c1-18-11-6-9-16-24(18)31-26(22-14-7-8-15-23(22)28(5)17-21(28)4)29-30-27(31)25-19(2)12-10-13-20(25)3/h6-16,21H,17H2,1-5H3. The minimum Gasteiger partial charge on any atom is -0.275 e. The van der Waals surface area contributed by atoms with Crippen LogP contribution in [0.15, 0.2) is 66.7 Å². The number of para-hydroxylation sites is 1. The summed E-state index contributed by atoms with van der Waals surface area (Å²) in [6.45, 7) is 11.2. The number of aromatic nitrogens is 3. The first kappa shape index (κ1) is 19.7. The van der Waals surface area contributed by atoms with Crippen LogP contribution in [-0.4, -0.2) is 14.8 Å². The molecule has 1 fully saturated rings. The summed E-state index contributed by atoms with van der Waals surface area (Å²) in [7, 11) is 0. The quantitative estimate of drug-likeness (QED) is 0.371. The van der Waals surface area contributed by atoms with Crippen LogP contribution in [0, 0.1) is 26.7 Å². The lowest BCUT2D eigenvalue weighted by molar-refractivity contribution is 0.702. The molecule has 0 spiro atoms. The van der Waals surface area contributed by atoms with E-state index >= 15 is 0 Å². The smallest absolute Gasteiger partial charge is 0.169 e. The summed E-state index contributed by atoms with van der Waals surface area (Å²) in [5, 5.41) is 9.58. The number of rotatable bonds is 4. The van der Waals surface area contributed by atoms with Gasteiger partial charge in [0.25, 0.3) is 0 Å². The Balaban J connectivity index is 1.83. The van der Waals surface area contributed by atoms with Crippen LogP contribution in [0.3, 0.4) is 0 Å². The van der Waals surface area contributed by atoms with Crippen LogP contribution < -0.4 is 0 Å². The fraction of sp³-hybridized carbons (Fsp3) is 0.286. The van der Waals surface area contributed by atoms with Gasteiger partial charge in [-0.1, -0.05) is 74.5 Å². The van der Waals surface area contributed by atoms with Gasteiger partial charge in [0, 0.05) is 11.1 Å². The van der Waals surface area contributed by atoms with Gasteiger partial charge in [-0.2, -0.15) is 0 Å². The molecule has 2 unspecified atom stereocenters. The molecule has 31 heavy (non-hydrogen) atoms. The molecule has 0 amide bonds. The molecule has 3 nitrogen and oxygen atoms in total. The average molecular weight is 408 g/mol. The number of aryl methyl sites for hydroxylation is 3. The summed E-state index contributed by atoms with van der Waals surface area (Å²) < 4.78 is 2.26. The monoisotopic (exact) mass is 407 g/mol. The van der Waals surface area contributed by atoms with Gasteiger partial charge >= 0.3 is 0 Å². The molecule has 1 aliphatic rings. The van der Waals surface area contributed by atoms with E-state index in [9.17, 15) is 0 Å². The lowest BCUT2D eigenvalue weighted by Gasteiger charge is -2.19. The third-order valence-electron chi connectivity index (χ3n) is 7.17. The zero-order valence-electron chi connectivity index (χ0n) is 19.0. The van der Waals surface area contributed by atoms with Crippen molar-refractivity contribution in [1.82, 2.24) is 14.8 Å². The highest BCUT2D eigenvalue weighted by Gasteiger charge is 2.49. The maximum Gasteiger partial charge on any atom is 0.169 e. The van der Waals surface area contributed by atoms with Crippen LogP contribution >= 0.6 is 0 Å². The Hall–Kier alpha value is -3.20. The fourth-order valence-electron chi connectivity index (χ4n) is 4.96. The zero-order valence-corrected chi connectivity index (χ0v) is 19.0. The van der Waals surface area contributed by atoms with E-state index in [4.69, 9.17) is 10.2 Å². The van der Waals surface area contributed by atoms with Crippen LogP contribution in [0.5, 0.6) is 0 Å². The molecule has 3 aromatic carbocycles. The summed E-state index contributed by atoms with van der Waals surface area (Å²) >= 11 is 0. The molecule has 3 heteroatoms. The third-order valence-corrected chi connectivity index (χ3v) is 7.17. The van der Waals surface area contributed by atoms with Crippen LogP contribution in [-0.2, 0) is 5.41 Å². The number of hydrogen-bond acceptors (Lipinski definition) is 2. The van der Waals surface area contributed by atoms with Gasteiger partial charge in [-0.15, -0.1) is 10.2 Å². The Kier molecular flexibility index (Phi) is 4.58. The van der Waals surface area contributed by atoms with Crippen molar-refractivity contribution in [3.8, 4) is 28.5 Å². The van der Waals surface area contributed by atoms with Crippen molar-refractivity contribution in [2.45, 2.75) is 46.5 Å². The minimum absolute atomic E-state index is 0.206. The number of hydrogen-bond donors (Lipinski definition) is 0. The van der Waals surface area contributed by atoms with E-state index in [-0.39, 0.29) is 5.41 Å². The molecule has 1 saturated carbocycles. The van der Waals surface area contributed by atoms with Gasteiger partial charge in [-0.3, -0.25) is 4.57 Å². The molecule has 1 heterocycles. The first-order valence-corrected chi connectivity index (χ1v) is 11.1. The second-order valence-corrected chi connectivity index (χ2v) is 9.30. The highest BCUT2D eigenvalue weighted by atomic mass is 15.3. The molecule has 0 saturated heterocycles. The molecule has 0 aliphatic heterocycles. The van der Waals surface area contributed by atoms with E-state index in [0.29, 0.717) is 5.92 Å². The lowest BCUT2D eigenvalue weighted by Crippen LogP contribution is -2.09. The Bertz CT molecular complexity index is 1260. The second kappa shape index (κ2) is 7.19. The molecule has 5 rings (SSSR count). The highest BCUT2D eigenvalue weighted by Crippen LogP contribution is 2.55. The first-order chi connectivity index (χ1) is 14.9. The van der Waals surface area contributed by atoms with Gasteiger partial charge < -0.3 is 0 Å². The van der Waals surface area contributed by atoms with Crippen molar-refractivity contribution >= 4 is 0 Å². The van der Waals surface area contributed by atoms with E-state index in [1.54, 1.807) is 0 Å². The van der Waals surface area contributed by atoms with E-state index in [1.165, 1.54) is 34.2 Å². The largest absolute Gasteiger partial charge is 0.275 e. The van der Waals surface area contributed by atoms with E-state index in [0.717, 1.165) is 22.9 Å².